The molecule has 1 aliphatic heterocycles. The van der Waals surface area contributed by atoms with Crippen LogP contribution < -0.4 is 9.62 Å². The van der Waals surface area contributed by atoms with Crippen LogP contribution in [0.3, 0.4) is 0 Å². The number of nitrogens with one attached hydrogen (secondary N) is 1. The van der Waals surface area contributed by atoms with E-state index in [0.29, 0.717) is 22.5 Å². The number of para-hydroxylation sites is 1. The maximum absolute atomic E-state index is 13.0. The van der Waals surface area contributed by atoms with E-state index >= 15 is 0 Å². The molecule has 3 amide bonds. The number of fused-ring (bicyclic) bond motifs is 1. The number of hydrogen-bond acceptors (Lipinski definition) is 5. The van der Waals surface area contributed by atoms with Crippen molar-refractivity contribution in [3.05, 3.63) is 89.5 Å². The van der Waals surface area contributed by atoms with Gasteiger partial charge in [-0.3, -0.25) is 23.6 Å². The number of nitrogens with zero attached hydrogens (tertiary/aromatic N) is 2. The van der Waals surface area contributed by atoms with Gasteiger partial charge in [0.05, 0.1) is 21.7 Å². The minimum Gasteiger partial charge on any atom is -0.326 e. The molecule has 1 heterocycles. The maximum atomic E-state index is 13.0. The second-order valence-electron chi connectivity index (χ2n) is 7.95. The highest BCUT2D eigenvalue weighted by atomic mass is 32.2. The van der Waals surface area contributed by atoms with Gasteiger partial charge in [0.2, 0.25) is 5.91 Å². The first-order valence-electron chi connectivity index (χ1n) is 10.6. The van der Waals surface area contributed by atoms with Gasteiger partial charge >= 0.3 is 0 Å². The Labute approximate surface area is 197 Å². The third kappa shape index (κ3) is 4.42. The molecule has 0 radical (unpaired) electrons. The first-order chi connectivity index (χ1) is 16.2. The fourth-order valence-corrected chi connectivity index (χ4v) is 4.96. The van der Waals surface area contributed by atoms with E-state index in [9.17, 15) is 22.8 Å². The molecule has 174 valence electrons. The number of benzene rings is 3. The summed E-state index contributed by atoms with van der Waals surface area (Å²) in [6.45, 7) is 1.76. The van der Waals surface area contributed by atoms with Gasteiger partial charge < -0.3 is 5.32 Å². The molecule has 0 fully saturated rings. The normalized spacial score (nSPS) is 13.1. The zero-order valence-electron chi connectivity index (χ0n) is 18.7. The van der Waals surface area contributed by atoms with Crippen LogP contribution in [0.2, 0.25) is 0 Å². The average Bonchev–Trinajstić information content (AvgIpc) is 3.06. The zero-order chi connectivity index (χ0) is 24.5. The smallest absolute Gasteiger partial charge is 0.264 e. The van der Waals surface area contributed by atoms with E-state index in [4.69, 9.17) is 0 Å². The molecule has 0 saturated heterocycles. The average molecular weight is 478 g/mol. The summed E-state index contributed by atoms with van der Waals surface area (Å²) >= 11 is 0. The van der Waals surface area contributed by atoms with E-state index in [0.717, 1.165) is 14.8 Å². The van der Waals surface area contributed by atoms with Crippen molar-refractivity contribution < 1.29 is 22.8 Å². The number of imide groups is 1. The molecule has 1 aliphatic rings. The van der Waals surface area contributed by atoms with Gasteiger partial charge in [0.1, 0.15) is 0 Å². The monoisotopic (exact) mass is 477 g/mol. The van der Waals surface area contributed by atoms with Crippen molar-refractivity contribution >= 4 is 39.1 Å². The second kappa shape index (κ2) is 9.11. The molecule has 0 aromatic heterocycles. The molecule has 0 aliphatic carbocycles. The number of sulfonamides is 1. The highest BCUT2D eigenvalue weighted by molar-refractivity contribution is 7.92. The van der Waals surface area contributed by atoms with Gasteiger partial charge in [0, 0.05) is 25.7 Å². The minimum atomic E-state index is -3.84. The zero-order valence-corrected chi connectivity index (χ0v) is 19.5. The number of amides is 3. The lowest BCUT2D eigenvalue weighted by Gasteiger charge is -2.20. The molecule has 0 saturated carbocycles. The number of anilines is 2. The SMILES string of the molecule is Cc1ccc2c(c1)C(=O)N(CCC(=O)Nc1cccc(S(=O)(=O)N(C)c3ccccc3)c1)C2=O. The lowest BCUT2D eigenvalue weighted by atomic mass is 10.1. The molecule has 3 aromatic rings. The number of aryl methyl sites for hydroxylation is 1. The van der Waals surface area contributed by atoms with Crippen LogP contribution in [0, 0.1) is 6.92 Å². The minimum absolute atomic E-state index is 0.0207. The van der Waals surface area contributed by atoms with Crippen molar-refractivity contribution in [1.29, 1.82) is 0 Å². The van der Waals surface area contributed by atoms with Gasteiger partial charge in [-0.15, -0.1) is 0 Å². The maximum Gasteiger partial charge on any atom is 0.264 e. The molecule has 34 heavy (non-hydrogen) atoms. The van der Waals surface area contributed by atoms with Crippen LogP contribution in [0.1, 0.15) is 32.7 Å². The van der Waals surface area contributed by atoms with Crippen LogP contribution in [-0.4, -0.2) is 44.6 Å². The number of hydrogen-bond donors (Lipinski definition) is 1. The molecular formula is C25H23N3O5S. The molecule has 9 heteroatoms. The molecule has 3 aromatic carbocycles. The predicted octanol–water partition coefficient (Wildman–Crippen LogP) is 3.44. The summed E-state index contributed by atoms with van der Waals surface area (Å²) in [7, 11) is -2.38. The Morgan fingerprint density at radius 1 is 0.912 bits per heavy atom. The van der Waals surface area contributed by atoms with Crippen LogP contribution in [0.15, 0.2) is 77.7 Å². The Morgan fingerprint density at radius 3 is 2.35 bits per heavy atom. The summed E-state index contributed by atoms with van der Waals surface area (Å²) in [6.07, 6.45) is -0.120. The third-order valence-corrected chi connectivity index (χ3v) is 7.37. The van der Waals surface area contributed by atoms with E-state index < -0.39 is 27.7 Å². The molecule has 0 bridgehead atoms. The van der Waals surface area contributed by atoms with E-state index in [1.54, 1.807) is 54.6 Å². The summed E-state index contributed by atoms with van der Waals surface area (Å²) in [4.78, 5) is 38.7. The highest BCUT2D eigenvalue weighted by Crippen LogP contribution is 2.25. The van der Waals surface area contributed by atoms with Crippen molar-refractivity contribution in [2.75, 3.05) is 23.2 Å². The number of carbonyl (C=O) groups is 3. The second-order valence-corrected chi connectivity index (χ2v) is 9.91. The van der Waals surface area contributed by atoms with Gasteiger partial charge in [-0.25, -0.2) is 8.42 Å². The van der Waals surface area contributed by atoms with Crippen molar-refractivity contribution in [1.82, 2.24) is 4.90 Å². The molecular weight excluding hydrogens is 454 g/mol. The number of carbonyl (C=O) groups excluding carboxylic acids is 3. The van der Waals surface area contributed by atoms with E-state index in [2.05, 4.69) is 5.32 Å². The first-order valence-corrected chi connectivity index (χ1v) is 12.0. The summed E-state index contributed by atoms with van der Waals surface area (Å²) in [6, 6.07) is 19.6. The molecule has 0 spiro atoms. The predicted molar refractivity (Wildman–Crippen MR) is 128 cm³/mol. The van der Waals surface area contributed by atoms with Crippen LogP contribution in [-0.2, 0) is 14.8 Å². The topological polar surface area (TPSA) is 104 Å². The Bertz CT molecular complexity index is 1390. The molecule has 0 unspecified atom stereocenters. The van der Waals surface area contributed by atoms with E-state index in [1.165, 1.54) is 25.2 Å². The van der Waals surface area contributed by atoms with Gasteiger partial charge in [0.25, 0.3) is 21.8 Å². The van der Waals surface area contributed by atoms with Crippen LogP contribution >= 0.6 is 0 Å². The molecule has 8 nitrogen and oxygen atoms in total. The van der Waals surface area contributed by atoms with E-state index in [1.807, 2.05) is 6.92 Å². The molecule has 0 atom stereocenters. The van der Waals surface area contributed by atoms with Gasteiger partial charge in [0.15, 0.2) is 0 Å². The van der Waals surface area contributed by atoms with Crippen molar-refractivity contribution in [2.24, 2.45) is 0 Å². The first kappa shape index (κ1) is 23.2. The summed E-state index contributed by atoms with van der Waals surface area (Å²) in [5.74, 6) is -1.29. The van der Waals surface area contributed by atoms with Crippen LogP contribution in [0.5, 0.6) is 0 Å². The quantitative estimate of drug-likeness (QED) is 0.525. The Hall–Kier alpha value is -3.98. The third-order valence-electron chi connectivity index (χ3n) is 5.58. The standard InChI is InChI=1S/C25H23N3O5S/c1-17-11-12-21-22(15-17)25(31)28(24(21)30)14-13-23(29)26-18-7-6-10-20(16-18)34(32,33)27(2)19-8-4-3-5-9-19/h3-12,15-16H,13-14H2,1-2H3,(H,26,29). The van der Waals surface area contributed by atoms with Crippen molar-refractivity contribution in [2.45, 2.75) is 18.2 Å². The van der Waals surface area contributed by atoms with Crippen molar-refractivity contribution in [3.63, 3.8) is 0 Å². The van der Waals surface area contributed by atoms with Gasteiger partial charge in [-0.2, -0.15) is 0 Å². The van der Waals surface area contributed by atoms with E-state index in [-0.39, 0.29) is 17.9 Å². The Balaban J connectivity index is 1.42. The molecule has 1 N–H and O–H groups in total. The molecule has 4 rings (SSSR count). The summed E-state index contributed by atoms with van der Waals surface area (Å²) in [5, 5.41) is 2.65. The van der Waals surface area contributed by atoms with Crippen LogP contribution in [0.4, 0.5) is 11.4 Å². The van der Waals surface area contributed by atoms with Gasteiger partial charge in [-0.05, 0) is 49.4 Å². The van der Waals surface area contributed by atoms with Crippen LogP contribution in [0.25, 0.3) is 0 Å². The summed E-state index contributed by atoms with van der Waals surface area (Å²) < 4.78 is 27.2. The Morgan fingerprint density at radius 2 is 1.62 bits per heavy atom. The number of rotatable bonds is 7. The Kier molecular flexibility index (Phi) is 6.21. The summed E-state index contributed by atoms with van der Waals surface area (Å²) in [5.41, 5.74) is 2.34. The highest BCUT2D eigenvalue weighted by Gasteiger charge is 2.35. The fraction of sp³-hybridized carbons (Fsp3) is 0.160. The van der Waals surface area contributed by atoms with Gasteiger partial charge in [-0.1, -0.05) is 35.9 Å². The largest absolute Gasteiger partial charge is 0.326 e. The lowest BCUT2D eigenvalue weighted by Crippen LogP contribution is -2.32. The fourth-order valence-electron chi connectivity index (χ4n) is 3.71. The lowest BCUT2D eigenvalue weighted by molar-refractivity contribution is -0.116. The van der Waals surface area contributed by atoms with Crippen molar-refractivity contribution in [3.8, 4) is 0 Å².